The van der Waals surface area contributed by atoms with Crippen LogP contribution in [0, 0.1) is 13.8 Å². The van der Waals surface area contributed by atoms with Crippen LogP contribution in [-0.4, -0.2) is 19.7 Å². The minimum Gasteiger partial charge on any atom is -0.210 e. The van der Waals surface area contributed by atoms with Crippen molar-refractivity contribution < 1.29 is 13.2 Å². The van der Waals surface area contributed by atoms with Gasteiger partial charge in [0.1, 0.15) is 5.69 Å². The molecule has 0 radical (unpaired) electrons. The molecule has 2 aromatic carbocycles. The van der Waals surface area contributed by atoms with E-state index in [4.69, 9.17) is 11.6 Å². The van der Waals surface area contributed by atoms with Crippen molar-refractivity contribution in [3.63, 3.8) is 0 Å². The second kappa shape index (κ2) is 8.94. The Morgan fingerprint density at radius 1 is 0.857 bits per heavy atom. The first-order valence-corrected chi connectivity index (χ1v) is 11.9. The summed E-state index contributed by atoms with van der Waals surface area (Å²) in [6.45, 7) is 3.87. The molecule has 0 saturated carbocycles. The molecule has 0 fully saturated rings. The highest BCUT2D eigenvalue weighted by Gasteiger charge is 2.35. The Hall–Kier alpha value is -3.49. The molecule has 0 unspecified atom stereocenters. The lowest BCUT2D eigenvalue weighted by Crippen LogP contribution is -2.14. The normalized spacial score (nSPS) is 11.7. The zero-order valence-corrected chi connectivity index (χ0v) is 20.2. The van der Waals surface area contributed by atoms with Gasteiger partial charge in [-0.1, -0.05) is 65.2 Å². The van der Waals surface area contributed by atoms with Crippen LogP contribution in [-0.2, 0) is 6.18 Å². The van der Waals surface area contributed by atoms with Crippen LogP contribution in [0.1, 0.15) is 16.8 Å². The van der Waals surface area contributed by atoms with Crippen LogP contribution >= 0.6 is 22.9 Å². The molecule has 5 rings (SSSR count). The lowest BCUT2D eigenvalue weighted by atomic mass is 10.1. The van der Waals surface area contributed by atoms with E-state index in [-0.39, 0.29) is 11.6 Å². The zero-order chi connectivity index (χ0) is 24.7. The monoisotopic (exact) mass is 510 g/mol. The van der Waals surface area contributed by atoms with Gasteiger partial charge in [-0.2, -0.15) is 23.0 Å². The van der Waals surface area contributed by atoms with E-state index in [9.17, 15) is 13.2 Å². The van der Waals surface area contributed by atoms with Crippen LogP contribution < -0.4 is 0 Å². The molecule has 3 heterocycles. The van der Waals surface area contributed by atoms with Gasteiger partial charge < -0.3 is 0 Å². The largest absolute Gasteiger partial charge is 0.433 e. The fourth-order valence-corrected chi connectivity index (χ4v) is 4.81. The topological polar surface area (TPSA) is 43.6 Å². The summed E-state index contributed by atoms with van der Waals surface area (Å²) in [7, 11) is 0. The second-order valence-electron chi connectivity index (χ2n) is 8.08. The van der Waals surface area contributed by atoms with E-state index in [1.807, 2.05) is 62.4 Å². The first-order valence-electron chi connectivity index (χ1n) is 10.6. The number of hydrogen-bond acceptors (Lipinski definition) is 4. The van der Waals surface area contributed by atoms with Gasteiger partial charge in [0.05, 0.1) is 21.3 Å². The second-order valence-corrected chi connectivity index (χ2v) is 9.40. The molecule has 0 spiro atoms. The Morgan fingerprint density at radius 3 is 2.17 bits per heavy atom. The van der Waals surface area contributed by atoms with Crippen LogP contribution in [0.5, 0.6) is 0 Å². The van der Waals surface area contributed by atoms with E-state index in [1.54, 1.807) is 17.5 Å². The average molecular weight is 511 g/mol. The van der Waals surface area contributed by atoms with Gasteiger partial charge in [0, 0.05) is 11.1 Å². The van der Waals surface area contributed by atoms with E-state index >= 15 is 0 Å². The summed E-state index contributed by atoms with van der Waals surface area (Å²) < 4.78 is 42.8. The van der Waals surface area contributed by atoms with E-state index in [0.717, 1.165) is 22.8 Å². The van der Waals surface area contributed by atoms with Crippen molar-refractivity contribution in [1.82, 2.24) is 19.7 Å². The molecule has 0 aliphatic heterocycles. The van der Waals surface area contributed by atoms with Crippen molar-refractivity contribution >= 4 is 22.9 Å². The number of alkyl halides is 3. The Morgan fingerprint density at radius 2 is 1.54 bits per heavy atom. The number of benzene rings is 2. The van der Waals surface area contributed by atoms with Gasteiger partial charge in [0.25, 0.3) is 5.95 Å². The molecule has 0 amide bonds. The van der Waals surface area contributed by atoms with Gasteiger partial charge >= 0.3 is 6.18 Å². The fraction of sp³-hybridized carbons (Fsp3) is 0.115. The Kier molecular flexibility index (Phi) is 5.94. The molecule has 9 heteroatoms. The molecule has 0 aliphatic rings. The van der Waals surface area contributed by atoms with E-state index in [0.29, 0.717) is 26.9 Å². The number of nitrogens with zero attached hydrogens (tertiary/aromatic N) is 4. The number of aromatic nitrogens is 4. The average Bonchev–Trinajstić information content (AvgIpc) is 3.47. The molecular weight excluding hydrogens is 493 g/mol. The molecular formula is C26H18ClF3N4S. The number of hydrogen-bond donors (Lipinski definition) is 0. The predicted molar refractivity (Wildman–Crippen MR) is 133 cm³/mol. The summed E-state index contributed by atoms with van der Waals surface area (Å²) in [6.07, 6.45) is -4.66. The molecule has 0 N–H and O–H groups in total. The molecule has 0 aliphatic carbocycles. The van der Waals surface area contributed by atoms with E-state index < -0.39 is 11.9 Å². The van der Waals surface area contributed by atoms with Crippen LogP contribution in [0.25, 0.3) is 39.0 Å². The third kappa shape index (κ3) is 4.59. The van der Waals surface area contributed by atoms with Crippen molar-refractivity contribution in [2.45, 2.75) is 20.0 Å². The quantitative estimate of drug-likeness (QED) is 0.246. The Bertz CT molecular complexity index is 1520. The minimum atomic E-state index is -4.66. The van der Waals surface area contributed by atoms with Gasteiger partial charge in [-0.05, 0) is 43.5 Å². The molecule has 35 heavy (non-hydrogen) atoms. The van der Waals surface area contributed by atoms with E-state index in [2.05, 4.69) is 15.1 Å². The fourth-order valence-electron chi connectivity index (χ4n) is 3.79. The number of thiophene rings is 1. The molecule has 176 valence electrons. The molecule has 5 aromatic rings. The molecule has 0 saturated heterocycles. The molecule has 0 atom stereocenters. The maximum absolute atomic E-state index is 13.8. The van der Waals surface area contributed by atoms with Gasteiger partial charge in [-0.3, -0.25) is 0 Å². The van der Waals surface area contributed by atoms with Crippen molar-refractivity contribution in [1.29, 1.82) is 0 Å². The zero-order valence-electron chi connectivity index (χ0n) is 18.6. The first kappa shape index (κ1) is 23.3. The van der Waals surface area contributed by atoms with Gasteiger partial charge in [-0.15, -0.1) is 11.3 Å². The van der Waals surface area contributed by atoms with Crippen LogP contribution in [0.15, 0.2) is 72.1 Å². The number of rotatable bonds is 4. The summed E-state index contributed by atoms with van der Waals surface area (Å²) in [4.78, 5) is 8.94. The highest BCUT2D eigenvalue weighted by molar-refractivity contribution is 7.13. The van der Waals surface area contributed by atoms with Crippen molar-refractivity contribution in [2.24, 2.45) is 0 Å². The third-order valence-electron chi connectivity index (χ3n) is 5.38. The maximum atomic E-state index is 13.8. The summed E-state index contributed by atoms with van der Waals surface area (Å²) >= 11 is 8.16. The first-order chi connectivity index (χ1) is 16.7. The SMILES string of the molecule is Cc1cccc(-c2nn(-c3nc(-c4cccs4)cc(C(F)(F)F)n3)c(-c3cccc(C)c3)c2Cl)c1. The summed E-state index contributed by atoms with van der Waals surface area (Å²) in [6, 6.07) is 19.5. The van der Waals surface area contributed by atoms with Gasteiger partial charge in [0.2, 0.25) is 0 Å². The lowest BCUT2D eigenvalue weighted by Gasteiger charge is -2.12. The van der Waals surface area contributed by atoms with Gasteiger partial charge in [-0.25, -0.2) is 9.97 Å². The summed E-state index contributed by atoms with van der Waals surface area (Å²) in [5, 5.41) is 6.73. The third-order valence-corrected chi connectivity index (χ3v) is 6.63. The number of halogens is 4. The smallest absolute Gasteiger partial charge is 0.210 e. The Labute approximate surface area is 208 Å². The molecule has 4 nitrogen and oxygen atoms in total. The summed E-state index contributed by atoms with van der Waals surface area (Å²) in [5.41, 5.74) is 3.37. The van der Waals surface area contributed by atoms with Crippen LogP contribution in [0.2, 0.25) is 5.02 Å². The molecule has 3 aromatic heterocycles. The lowest BCUT2D eigenvalue weighted by molar-refractivity contribution is -0.141. The Balaban J connectivity index is 1.81. The molecule has 0 bridgehead atoms. The van der Waals surface area contributed by atoms with Gasteiger partial charge in [0.15, 0.2) is 5.69 Å². The van der Waals surface area contributed by atoms with Crippen molar-refractivity contribution in [3.8, 4) is 39.0 Å². The van der Waals surface area contributed by atoms with Crippen molar-refractivity contribution in [3.05, 3.63) is 94.0 Å². The highest BCUT2D eigenvalue weighted by atomic mass is 35.5. The standard InChI is InChI=1S/C26H18ClF3N4S/c1-15-6-3-8-17(12-15)23-22(27)24(18-9-4-7-16(2)13-18)34(33-23)25-31-19(20-10-5-11-35-20)14-21(32-25)26(28,29)30/h3-14H,1-2H3. The number of aryl methyl sites for hydroxylation is 2. The van der Waals surface area contributed by atoms with E-state index in [1.165, 1.54) is 16.0 Å². The maximum Gasteiger partial charge on any atom is 0.433 e. The van der Waals surface area contributed by atoms with Crippen LogP contribution in [0.4, 0.5) is 13.2 Å². The highest BCUT2D eigenvalue weighted by Crippen LogP contribution is 2.39. The predicted octanol–water partition coefficient (Wildman–Crippen LogP) is 8.01. The van der Waals surface area contributed by atoms with Crippen LogP contribution in [0.3, 0.4) is 0 Å². The van der Waals surface area contributed by atoms with Crippen molar-refractivity contribution in [2.75, 3.05) is 0 Å². The summed E-state index contributed by atoms with van der Waals surface area (Å²) in [5.74, 6) is -0.208. The minimum absolute atomic E-state index is 0.163.